The number of nitrogens with one attached hydrogen (secondary N) is 2. The Hall–Kier alpha value is -0.950. The van der Waals surface area contributed by atoms with Crippen molar-refractivity contribution in [2.45, 2.75) is 6.04 Å². The topological polar surface area (TPSA) is 76.1 Å². The van der Waals surface area contributed by atoms with Gasteiger partial charge in [0.15, 0.2) is 11.0 Å². The Bertz CT molecular complexity index is 423. The quantitative estimate of drug-likeness (QED) is 0.779. The molecular weight excluding hydrogens is 267 g/mol. The fourth-order valence-electron chi connectivity index (χ4n) is 1.37. The second-order valence-electron chi connectivity index (χ2n) is 3.40. The number of carbonyl (C=O) groups is 1. The predicted octanol–water partition coefficient (Wildman–Crippen LogP) is 0.710. The summed E-state index contributed by atoms with van der Waals surface area (Å²) in [6.45, 7) is 1.56. The van der Waals surface area contributed by atoms with Gasteiger partial charge in [0.1, 0.15) is 17.4 Å². The third-order valence-corrected chi connectivity index (χ3v) is 2.97. The van der Waals surface area contributed by atoms with Crippen molar-refractivity contribution in [3.05, 3.63) is 16.5 Å². The molecule has 0 spiro atoms. The number of halogens is 2. The van der Waals surface area contributed by atoms with Crippen LogP contribution < -0.4 is 10.6 Å². The number of amides is 1. The Kier molecular flexibility index (Phi) is 4.11. The number of ether oxygens (including phenoxy) is 1. The molecule has 1 aromatic heterocycles. The summed E-state index contributed by atoms with van der Waals surface area (Å²) in [6.07, 6.45) is 1.23. The van der Waals surface area contributed by atoms with E-state index in [2.05, 4.69) is 20.6 Å². The van der Waals surface area contributed by atoms with Gasteiger partial charge in [-0.25, -0.2) is 9.97 Å². The lowest BCUT2D eigenvalue weighted by atomic mass is 10.2. The standard InChI is InChI=1S/C9H10Cl2N4O2/c10-6-7(11)13-4-14-8(6)15-9(16)5-3-17-2-1-12-5/h4-5,12H,1-3H2,(H,13,14,15,16). The van der Waals surface area contributed by atoms with Crippen LogP contribution in [0.25, 0.3) is 0 Å². The van der Waals surface area contributed by atoms with Crippen molar-refractivity contribution in [3.8, 4) is 0 Å². The minimum atomic E-state index is -0.409. The van der Waals surface area contributed by atoms with E-state index in [-0.39, 0.29) is 21.9 Å². The molecule has 1 aliphatic heterocycles. The van der Waals surface area contributed by atoms with E-state index >= 15 is 0 Å². The number of nitrogens with zero attached hydrogens (tertiary/aromatic N) is 2. The molecule has 0 bridgehead atoms. The number of morpholine rings is 1. The molecule has 0 aromatic carbocycles. The van der Waals surface area contributed by atoms with E-state index in [1.54, 1.807) is 0 Å². The zero-order valence-corrected chi connectivity index (χ0v) is 10.3. The summed E-state index contributed by atoms with van der Waals surface area (Å²) in [5.74, 6) is -0.0644. The molecule has 17 heavy (non-hydrogen) atoms. The largest absolute Gasteiger partial charge is 0.378 e. The van der Waals surface area contributed by atoms with Crippen LogP contribution >= 0.6 is 23.2 Å². The number of hydrogen-bond donors (Lipinski definition) is 2. The molecule has 1 saturated heterocycles. The lowest BCUT2D eigenvalue weighted by Crippen LogP contribution is -2.49. The number of carbonyl (C=O) groups excluding carboxylic acids is 1. The molecule has 2 heterocycles. The summed E-state index contributed by atoms with van der Waals surface area (Å²) in [5.41, 5.74) is 0. The zero-order chi connectivity index (χ0) is 12.3. The highest BCUT2D eigenvalue weighted by atomic mass is 35.5. The van der Waals surface area contributed by atoms with Crippen LogP contribution in [0, 0.1) is 0 Å². The molecule has 92 valence electrons. The molecule has 1 aromatic rings. The SMILES string of the molecule is O=C(Nc1ncnc(Cl)c1Cl)C1COCCN1. The predicted molar refractivity (Wildman–Crippen MR) is 63.3 cm³/mol. The minimum absolute atomic E-state index is 0.102. The Morgan fingerprint density at radius 2 is 2.35 bits per heavy atom. The molecule has 2 N–H and O–H groups in total. The fourth-order valence-corrected chi connectivity index (χ4v) is 1.65. The van der Waals surface area contributed by atoms with Crippen LogP contribution in [0.5, 0.6) is 0 Å². The van der Waals surface area contributed by atoms with Crippen LogP contribution in [-0.2, 0) is 9.53 Å². The van der Waals surface area contributed by atoms with Crippen molar-refractivity contribution in [3.63, 3.8) is 0 Å². The maximum atomic E-state index is 11.8. The first kappa shape index (κ1) is 12.5. The van der Waals surface area contributed by atoms with Crippen LogP contribution in [0.4, 0.5) is 5.82 Å². The van der Waals surface area contributed by atoms with Crippen LogP contribution in [-0.4, -0.2) is 41.7 Å². The first-order valence-electron chi connectivity index (χ1n) is 4.96. The minimum Gasteiger partial charge on any atom is -0.378 e. The summed E-state index contributed by atoms with van der Waals surface area (Å²) in [4.78, 5) is 19.4. The van der Waals surface area contributed by atoms with Gasteiger partial charge in [-0.2, -0.15) is 0 Å². The van der Waals surface area contributed by atoms with Crippen LogP contribution in [0.2, 0.25) is 10.2 Å². The van der Waals surface area contributed by atoms with Crippen molar-refractivity contribution in [2.75, 3.05) is 25.1 Å². The first-order chi connectivity index (χ1) is 8.18. The molecule has 1 unspecified atom stereocenters. The molecule has 0 saturated carbocycles. The summed E-state index contributed by atoms with van der Waals surface area (Å²) < 4.78 is 5.18. The molecule has 6 nitrogen and oxygen atoms in total. The highest BCUT2D eigenvalue weighted by molar-refractivity contribution is 6.42. The second kappa shape index (κ2) is 5.59. The lowest BCUT2D eigenvalue weighted by Gasteiger charge is -2.22. The lowest BCUT2D eigenvalue weighted by molar-refractivity contribution is -0.120. The van der Waals surface area contributed by atoms with E-state index in [4.69, 9.17) is 27.9 Å². The van der Waals surface area contributed by atoms with Crippen molar-refractivity contribution < 1.29 is 9.53 Å². The number of hydrogen-bond acceptors (Lipinski definition) is 5. The monoisotopic (exact) mass is 276 g/mol. The van der Waals surface area contributed by atoms with Gasteiger partial charge in [0.2, 0.25) is 5.91 Å². The summed E-state index contributed by atoms with van der Waals surface area (Å²) in [7, 11) is 0. The van der Waals surface area contributed by atoms with Crippen LogP contribution in [0.1, 0.15) is 0 Å². The van der Waals surface area contributed by atoms with E-state index < -0.39 is 6.04 Å². The Balaban J connectivity index is 2.04. The van der Waals surface area contributed by atoms with Crippen LogP contribution in [0.15, 0.2) is 6.33 Å². The van der Waals surface area contributed by atoms with Gasteiger partial charge in [0, 0.05) is 6.54 Å². The third-order valence-electron chi connectivity index (χ3n) is 2.23. The van der Waals surface area contributed by atoms with E-state index in [9.17, 15) is 4.79 Å². The molecule has 0 aliphatic carbocycles. The molecule has 1 atom stereocenters. The summed E-state index contributed by atoms with van der Waals surface area (Å²) >= 11 is 11.6. The second-order valence-corrected chi connectivity index (χ2v) is 4.13. The van der Waals surface area contributed by atoms with Gasteiger partial charge < -0.3 is 15.4 Å². The summed E-state index contributed by atoms with van der Waals surface area (Å²) in [6, 6.07) is -0.409. The van der Waals surface area contributed by atoms with Crippen molar-refractivity contribution >= 4 is 34.9 Å². The maximum absolute atomic E-state index is 11.8. The maximum Gasteiger partial charge on any atom is 0.245 e. The third kappa shape index (κ3) is 3.04. The number of anilines is 1. The van der Waals surface area contributed by atoms with Gasteiger partial charge in [0.25, 0.3) is 0 Å². The van der Waals surface area contributed by atoms with Gasteiger partial charge in [-0.05, 0) is 0 Å². The van der Waals surface area contributed by atoms with E-state index in [1.807, 2.05) is 0 Å². The first-order valence-corrected chi connectivity index (χ1v) is 5.72. The molecule has 2 rings (SSSR count). The Morgan fingerprint density at radius 1 is 1.53 bits per heavy atom. The molecule has 1 aliphatic rings. The van der Waals surface area contributed by atoms with Crippen molar-refractivity contribution in [1.82, 2.24) is 15.3 Å². The zero-order valence-electron chi connectivity index (χ0n) is 8.74. The van der Waals surface area contributed by atoms with Gasteiger partial charge in [0.05, 0.1) is 13.2 Å². The Morgan fingerprint density at radius 3 is 3.06 bits per heavy atom. The van der Waals surface area contributed by atoms with Gasteiger partial charge in [-0.15, -0.1) is 0 Å². The highest BCUT2D eigenvalue weighted by Gasteiger charge is 2.22. The molecular formula is C9H10Cl2N4O2. The average Bonchev–Trinajstić information content (AvgIpc) is 2.36. The fraction of sp³-hybridized carbons (Fsp3) is 0.444. The average molecular weight is 277 g/mol. The summed E-state index contributed by atoms with van der Waals surface area (Å²) in [5, 5.41) is 5.81. The van der Waals surface area contributed by atoms with E-state index in [0.29, 0.717) is 19.8 Å². The van der Waals surface area contributed by atoms with Gasteiger partial charge in [-0.1, -0.05) is 23.2 Å². The molecule has 1 fully saturated rings. The van der Waals surface area contributed by atoms with Crippen molar-refractivity contribution in [2.24, 2.45) is 0 Å². The van der Waals surface area contributed by atoms with Crippen LogP contribution in [0.3, 0.4) is 0 Å². The normalized spacial score (nSPS) is 20.0. The molecule has 1 amide bonds. The van der Waals surface area contributed by atoms with Gasteiger partial charge in [-0.3, -0.25) is 4.79 Å². The number of aromatic nitrogens is 2. The number of rotatable bonds is 2. The van der Waals surface area contributed by atoms with E-state index in [1.165, 1.54) is 6.33 Å². The van der Waals surface area contributed by atoms with E-state index in [0.717, 1.165) is 0 Å². The Labute approximate surface area is 108 Å². The van der Waals surface area contributed by atoms with Gasteiger partial charge >= 0.3 is 0 Å². The highest BCUT2D eigenvalue weighted by Crippen LogP contribution is 2.25. The smallest absolute Gasteiger partial charge is 0.245 e. The van der Waals surface area contributed by atoms with Crippen molar-refractivity contribution in [1.29, 1.82) is 0 Å². The molecule has 8 heteroatoms. The molecule has 0 radical (unpaired) electrons.